The Morgan fingerprint density at radius 3 is 2.67 bits per heavy atom. The molecule has 1 N–H and O–H groups in total. The van der Waals surface area contributed by atoms with E-state index in [1.807, 2.05) is 6.92 Å². The molecule has 0 saturated carbocycles. The molecule has 0 bridgehead atoms. The van der Waals surface area contributed by atoms with Gasteiger partial charge in [-0.2, -0.15) is 0 Å². The maximum absolute atomic E-state index is 13.4. The molecule has 0 amide bonds. The molecule has 6 heteroatoms. The molecule has 1 aliphatic rings. The van der Waals surface area contributed by atoms with Crippen LogP contribution in [-0.2, 0) is 6.42 Å². The fourth-order valence-corrected chi connectivity index (χ4v) is 3.87. The topological polar surface area (TPSA) is 24.9 Å². The van der Waals surface area contributed by atoms with E-state index in [0.717, 1.165) is 48.5 Å². The van der Waals surface area contributed by atoms with Crippen molar-refractivity contribution in [3.8, 4) is 10.6 Å². The predicted molar refractivity (Wildman–Crippen MR) is 76.8 cm³/mol. The Kier molecular flexibility index (Phi) is 3.99. The first kappa shape index (κ1) is 14.5. The third-order valence-corrected chi connectivity index (χ3v) is 4.89. The van der Waals surface area contributed by atoms with Crippen molar-refractivity contribution in [2.75, 3.05) is 6.54 Å². The van der Waals surface area contributed by atoms with Crippen LogP contribution in [0.4, 0.5) is 13.2 Å². The maximum atomic E-state index is 13.4. The first-order chi connectivity index (χ1) is 10.1. The van der Waals surface area contributed by atoms with Crippen LogP contribution in [-0.4, -0.2) is 11.5 Å². The van der Waals surface area contributed by atoms with Gasteiger partial charge in [0.2, 0.25) is 0 Å². The number of fused-ring (bicyclic) bond motifs is 1. The highest BCUT2D eigenvalue weighted by atomic mass is 32.1. The Labute approximate surface area is 125 Å². The summed E-state index contributed by atoms with van der Waals surface area (Å²) in [5.74, 6) is -3.80. The molecule has 21 heavy (non-hydrogen) atoms. The van der Waals surface area contributed by atoms with E-state index >= 15 is 0 Å². The van der Waals surface area contributed by atoms with Crippen molar-refractivity contribution in [3.05, 3.63) is 40.2 Å². The Bertz CT molecular complexity index is 646. The van der Waals surface area contributed by atoms with Gasteiger partial charge in [-0.05, 0) is 37.9 Å². The minimum Gasteiger partial charge on any atom is -0.309 e. The zero-order valence-corrected chi connectivity index (χ0v) is 12.4. The summed E-state index contributed by atoms with van der Waals surface area (Å²) in [6.07, 6.45) is 2.95. The highest BCUT2D eigenvalue weighted by Gasteiger charge is 2.25. The number of halogens is 3. The number of aryl methyl sites for hydroxylation is 1. The number of hydrogen-bond acceptors (Lipinski definition) is 3. The Hall–Kier alpha value is -1.40. The molecule has 0 fully saturated rings. The van der Waals surface area contributed by atoms with Crippen molar-refractivity contribution < 1.29 is 13.2 Å². The zero-order chi connectivity index (χ0) is 15.0. The normalized spacial score (nSPS) is 17.8. The van der Waals surface area contributed by atoms with Crippen molar-refractivity contribution in [3.63, 3.8) is 0 Å². The molecule has 0 spiro atoms. The molecule has 0 aliphatic heterocycles. The monoisotopic (exact) mass is 312 g/mol. The van der Waals surface area contributed by atoms with Gasteiger partial charge >= 0.3 is 0 Å². The van der Waals surface area contributed by atoms with E-state index in [9.17, 15) is 13.2 Å². The molecule has 3 rings (SSSR count). The van der Waals surface area contributed by atoms with Crippen LogP contribution in [0.15, 0.2) is 12.1 Å². The average Bonchev–Trinajstić information content (AvgIpc) is 2.89. The van der Waals surface area contributed by atoms with Gasteiger partial charge in [0.25, 0.3) is 0 Å². The molecule has 112 valence electrons. The van der Waals surface area contributed by atoms with Crippen molar-refractivity contribution in [2.24, 2.45) is 0 Å². The van der Waals surface area contributed by atoms with Crippen LogP contribution < -0.4 is 5.32 Å². The summed E-state index contributed by atoms with van der Waals surface area (Å²) in [5, 5.41) is 3.94. The third-order valence-electron chi connectivity index (χ3n) is 3.63. The standard InChI is InChI=1S/C15H15F3N2S/c1-2-19-11-4-3-5-12-14(11)21-15(20-12)8-6-9(16)13(18)10(17)7-8/h6-7,11,19H,2-5H2,1H3. The Balaban J connectivity index is 2.01. The summed E-state index contributed by atoms with van der Waals surface area (Å²) in [4.78, 5) is 5.62. The first-order valence-electron chi connectivity index (χ1n) is 6.98. The van der Waals surface area contributed by atoms with E-state index in [-0.39, 0.29) is 6.04 Å². The SMILES string of the molecule is CCNC1CCCc2nc(-c3cc(F)c(F)c(F)c3)sc21. The lowest BCUT2D eigenvalue weighted by atomic mass is 9.98. The van der Waals surface area contributed by atoms with Crippen LogP contribution in [0.3, 0.4) is 0 Å². The molecular weight excluding hydrogens is 297 g/mol. The van der Waals surface area contributed by atoms with E-state index in [2.05, 4.69) is 10.3 Å². The largest absolute Gasteiger partial charge is 0.309 e. The van der Waals surface area contributed by atoms with Gasteiger partial charge in [0, 0.05) is 16.5 Å². The van der Waals surface area contributed by atoms with Gasteiger partial charge in [0.05, 0.1) is 5.69 Å². The first-order valence-corrected chi connectivity index (χ1v) is 7.79. The number of thiazole rings is 1. The zero-order valence-electron chi connectivity index (χ0n) is 11.5. The summed E-state index contributed by atoms with van der Waals surface area (Å²) < 4.78 is 39.8. The van der Waals surface area contributed by atoms with Gasteiger partial charge in [-0.3, -0.25) is 0 Å². The van der Waals surface area contributed by atoms with Crippen LogP contribution in [0.5, 0.6) is 0 Å². The average molecular weight is 312 g/mol. The highest BCUT2D eigenvalue weighted by Crippen LogP contribution is 2.38. The number of rotatable bonds is 3. The molecule has 2 nitrogen and oxygen atoms in total. The van der Waals surface area contributed by atoms with Crippen molar-refractivity contribution >= 4 is 11.3 Å². The van der Waals surface area contributed by atoms with Crippen LogP contribution in [0, 0.1) is 17.5 Å². The van der Waals surface area contributed by atoms with Crippen LogP contribution in [0.25, 0.3) is 10.6 Å². The second kappa shape index (κ2) is 5.77. The second-order valence-electron chi connectivity index (χ2n) is 5.09. The van der Waals surface area contributed by atoms with Gasteiger partial charge in [-0.1, -0.05) is 6.92 Å². The van der Waals surface area contributed by atoms with Crippen LogP contribution >= 0.6 is 11.3 Å². The van der Waals surface area contributed by atoms with Crippen LogP contribution in [0.2, 0.25) is 0 Å². The molecule has 1 aliphatic carbocycles. The molecule has 1 aromatic heterocycles. The lowest BCUT2D eigenvalue weighted by Crippen LogP contribution is -2.23. The van der Waals surface area contributed by atoms with E-state index < -0.39 is 17.5 Å². The summed E-state index contributed by atoms with van der Waals surface area (Å²) in [7, 11) is 0. The van der Waals surface area contributed by atoms with E-state index in [1.165, 1.54) is 11.3 Å². The molecular formula is C15H15F3N2S. The fraction of sp³-hybridized carbons (Fsp3) is 0.400. The summed E-state index contributed by atoms with van der Waals surface area (Å²) >= 11 is 1.43. The van der Waals surface area contributed by atoms with E-state index in [1.54, 1.807) is 0 Å². The van der Waals surface area contributed by atoms with Crippen LogP contribution in [0.1, 0.15) is 36.4 Å². The quantitative estimate of drug-likeness (QED) is 0.859. The summed E-state index contributed by atoms with van der Waals surface area (Å²) in [6, 6.07) is 2.26. The molecule has 0 radical (unpaired) electrons. The smallest absolute Gasteiger partial charge is 0.194 e. The molecule has 1 aromatic carbocycles. The van der Waals surface area contributed by atoms with Crippen molar-refractivity contribution in [1.29, 1.82) is 0 Å². The Morgan fingerprint density at radius 1 is 1.29 bits per heavy atom. The maximum Gasteiger partial charge on any atom is 0.194 e. The number of nitrogens with zero attached hydrogens (tertiary/aromatic N) is 1. The third kappa shape index (κ3) is 2.70. The summed E-state index contributed by atoms with van der Waals surface area (Å²) in [5.41, 5.74) is 1.28. The van der Waals surface area contributed by atoms with Crippen molar-refractivity contribution in [2.45, 2.75) is 32.2 Å². The van der Waals surface area contributed by atoms with Gasteiger partial charge in [-0.15, -0.1) is 11.3 Å². The number of nitrogens with one attached hydrogen (secondary N) is 1. The van der Waals surface area contributed by atoms with E-state index in [4.69, 9.17) is 0 Å². The number of hydrogen-bond donors (Lipinski definition) is 1. The molecule has 1 heterocycles. The molecule has 1 atom stereocenters. The Morgan fingerprint density at radius 2 is 2.00 bits per heavy atom. The molecule has 0 saturated heterocycles. The van der Waals surface area contributed by atoms with Crippen molar-refractivity contribution in [1.82, 2.24) is 10.3 Å². The molecule has 1 unspecified atom stereocenters. The van der Waals surface area contributed by atoms with Gasteiger partial charge < -0.3 is 5.32 Å². The minimum atomic E-state index is -1.44. The number of benzene rings is 1. The predicted octanol–water partition coefficient (Wildman–Crippen LogP) is 4.21. The second-order valence-corrected chi connectivity index (χ2v) is 6.12. The van der Waals surface area contributed by atoms with Gasteiger partial charge in [0.1, 0.15) is 5.01 Å². The lowest BCUT2D eigenvalue weighted by molar-refractivity contribution is 0.447. The lowest BCUT2D eigenvalue weighted by Gasteiger charge is -2.21. The van der Waals surface area contributed by atoms with Gasteiger partial charge in [0.15, 0.2) is 17.5 Å². The highest BCUT2D eigenvalue weighted by molar-refractivity contribution is 7.15. The fourth-order valence-electron chi connectivity index (χ4n) is 2.66. The minimum absolute atomic E-state index is 0.250. The molecule has 2 aromatic rings. The van der Waals surface area contributed by atoms with Gasteiger partial charge in [-0.25, -0.2) is 18.2 Å². The summed E-state index contributed by atoms with van der Waals surface area (Å²) in [6.45, 7) is 2.90. The number of aromatic nitrogens is 1. The van der Waals surface area contributed by atoms with E-state index in [0.29, 0.717) is 10.6 Å².